The van der Waals surface area contributed by atoms with Gasteiger partial charge in [-0.1, -0.05) is 24.9 Å². The molecule has 0 radical (unpaired) electrons. The molecule has 8 heteroatoms. The minimum atomic E-state index is -0.633. The summed E-state index contributed by atoms with van der Waals surface area (Å²) in [4.78, 5) is 27.7. The molecule has 1 aliphatic heterocycles. The zero-order valence-electron chi connectivity index (χ0n) is 13.5. The number of nitrogens with zero attached hydrogens (tertiary/aromatic N) is 2. The molecule has 0 bridgehead atoms. The van der Waals surface area contributed by atoms with Crippen molar-refractivity contribution in [3.63, 3.8) is 0 Å². The van der Waals surface area contributed by atoms with E-state index in [1.807, 2.05) is 6.92 Å². The Morgan fingerprint density at radius 1 is 1.25 bits per heavy atom. The third kappa shape index (κ3) is 4.82. The molecule has 1 atom stereocenters. The van der Waals surface area contributed by atoms with Crippen LogP contribution in [0.4, 0.5) is 4.39 Å². The van der Waals surface area contributed by atoms with Gasteiger partial charge in [0.25, 0.3) is 5.91 Å². The summed E-state index contributed by atoms with van der Waals surface area (Å²) in [6.07, 6.45) is 1.50. The minimum absolute atomic E-state index is 0. The van der Waals surface area contributed by atoms with Crippen LogP contribution in [0.5, 0.6) is 0 Å². The number of carbonyl (C=O) groups is 2. The molecule has 1 aliphatic rings. The van der Waals surface area contributed by atoms with Crippen molar-refractivity contribution >= 4 is 35.8 Å². The summed E-state index contributed by atoms with van der Waals surface area (Å²) in [5, 5.41) is 0.249. The van der Waals surface area contributed by atoms with Crippen LogP contribution in [0.2, 0.25) is 5.02 Å². The Kier molecular flexibility index (Phi) is 7.93. The SMILES string of the molecule is CCCC(N)C(=O)N1CCN(C(=O)c2ccc(Cl)cc2F)CC1.Cl. The van der Waals surface area contributed by atoms with Crippen LogP contribution in [0.1, 0.15) is 30.1 Å². The summed E-state index contributed by atoms with van der Waals surface area (Å²) in [7, 11) is 0. The number of benzene rings is 1. The smallest absolute Gasteiger partial charge is 0.256 e. The van der Waals surface area contributed by atoms with Gasteiger partial charge in [0.15, 0.2) is 0 Å². The highest BCUT2D eigenvalue weighted by Crippen LogP contribution is 2.17. The van der Waals surface area contributed by atoms with Gasteiger partial charge < -0.3 is 15.5 Å². The fourth-order valence-electron chi connectivity index (χ4n) is 2.63. The second-order valence-electron chi connectivity index (χ2n) is 5.64. The first-order valence-corrected chi connectivity index (χ1v) is 8.10. The normalized spacial score (nSPS) is 15.7. The Hall–Kier alpha value is -1.37. The molecule has 0 spiro atoms. The molecule has 2 amide bonds. The lowest BCUT2D eigenvalue weighted by atomic mass is 10.1. The third-order valence-corrected chi connectivity index (χ3v) is 4.19. The van der Waals surface area contributed by atoms with Crippen molar-refractivity contribution in [2.45, 2.75) is 25.8 Å². The fourth-order valence-corrected chi connectivity index (χ4v) is 2.79. The van der Waals surface area contributed by atoms with E-state index in [4.69, 9.17) is 17.3 Å². The lowest BCUT2D eigenvalue weighted by Gasteiger charge is -2.36. The summed E-state index contributed by atoms with van der Waals surface area (Å²) in [5.41, 5.74) is 5.84. The number of nitrogens with two attached hydrogens (primary N) is 1. The van der Waals surface area contributed by atoms with Crippen LogP contribution in [0.15, 0.2) is 18.2 Å². The molecule has 1 unspecified atom stereocenters. The van der Waals surface area contributed by atoms with E-state index in [0.717, 1.165) is 12.5 Å². The van der Waals surface area contributed by atoms with Crippen LogP contribution < -0.4 is 5.73 Å². The first kappa shape index (κ1) is 20.7. The van der Waals surface area contributed by atoms with Gasteiger partial charge in [0.2, 0.25) is 5.91 Å². The van der Waals surface area contributed by atoms with Crippen molar-refractivity contribution in [1.82, 2.24) is 9.80 Å². The van der Waals surface area contributed by atoms with E-state index in [1.165, 1.54) is 12.1 Å². The van der Waals surface area contributed by atoms with E-state index in [0.29, 0.717) is 32.6 Å². The van der Waals surface area contributed by atoms with Gasteiger partial charge in [-0.25, -0.2) is 4.39 Å². The van der Waals surface area contributed by atoms with E-state index >= 15 is 0 Å². The summed E-state index contributed by atoms with van der Waals surface area (Å²) in [6, 6.07) is 3.50. The largest absolute Gasteiger partial charge is 0.338 e. The first-order valence-electron chi connectivity index (χ1n) is 7.72. The Morgan fingerprint density at radius 3 is 2.38 bits per heavy atom. The third-order valence-electron chi connectivity index (χ3n) is 3.96. The lowest BCUT2D eigenvalue weighted by molar-refractivity contribution is -0.134. The highest BCUT2D eigenvalue weighted by molar-refractivity contribution is 6.30. The molecule has 1 saturated heterocycles. The number of rotatable bonds is 4. The van der Waals surface area contributed by atoms with Crippen molar-refractivity contribution in [2.24, 2.45) is 5.73 Å². The molecular weight excluding hydrogens is 356 g/mol. The molecule has 0 saturated carbocycles. The molecule has 0 aliphatic carbocycles. The Labute approximate surface area is 152 Å². The molecule has 134 valence electrons. The molecule has 1 fully saturated rings. The van der Waals surface area contributed by atoms with Crippen LogP contribution in [0.25, 0.3) is 0 Å². The van der Waals surface area contributed by atoms with Crippen LogP contribution in [0, 0.1) is 5.82 Å². The summed E-state index contributed by atoms with van der Waals surface area (Å²) >= 11 is 5.70. The number of amides is 2. The van der Waals surface area contributed by atoms with Crippen LogP contribution in [-0.2, 0) is 4.79 Å². The number of halogens is 3. The number of piperazine rings is 1. The standard InChI is InChI=1S/C16H21ClFN3O2.ClH/c1-2-3-14(19)16(23)21-8-6-20(7-9-21)15(22)12-5-4-11(17)10-13(12)18;/h4-5,10,14H,2-3,6-9,19H2,1H3;1H. The topological polar surface area (TPSA) is 66.6 Å². The summed E-state index contributed by atoms with van der Waals surface area (Å²) in [5.74, 6) is -1.10. The van der Waals surface area contributed by atoms with E-state index in [2.05, 4.69) is 0 Å². The van der Waals surface area contributed by atoms with Gasteiger partial charge in [-0.05, 0) is 24.6 Å². The van der Waals surface area contributed by atoms with Crippen molar-refractivity contribution in [1.29, 1.82) is 0 Å². The van der Waals surface area contributed by atoms with Gasteiger partial charge >= 0.3 is 0 Å². The maximum atomic E-state index is 13.8. The van der Waals surface area contributed by atoms with E-state index in [-0.39, 0.29) is 34.8 Å². The Balaban J connectivity index is 0.00000288. The average molecular weight is 378 g/mol. The minimum Gasteiger partial charge on any atom is -0.338 e. The molecule has 2 rings (SSSR count). The highest BCUT2D eigenvalue weighted by Gasteiger charge is 2.28. The highest BCUT2D eigenvalue weighted by atomic mass is 35.5. The molecular formula is C16H22Cl2FN3O2. The van der Waals surface area contributed by atoms with E-state index in [1.54, 1.807) is 9.80 Å². The number of hydrogen-bond donors (Lipinski definition) is 1. The molecule has 1 aromatic rings. The predicted octanol–water partition coefficient (Wildman–Crippen LogP) is 2.31. The van der Waals surface area contributed by atoms with Gasteiger partial charge in [0.05, 0.1) is 11.6 Å². The second-order valence-corrected chi connectivity index (χ2v) is 6.07. The molecule has 24 heavy (non-hydrogen) atoms. The summed E-state index contributed by atoms with van der Waals surface area (Å²) < 4.78 is 13.8. The van der Waals surface area contributed by atoms with E-state index < -0.39 is 11.9 Å². The molecule has 1 aromatic carbocycles. The fraction of sp³-hybridized carbons (Fsp3) is 0.500. The predicted molar refractivity (Wildman–Crippen MR) is 94.0 cm³/mol. The molecule has 0 aromatic heterocycles. The second kappa shape index (κ2) is 9.20. The number of hydrogen-bond acceptors (Lipinski definition) is 3. The molecule has 2 N–H and O–H groups in total. The van der Waals surface area contributed by atoms with Gasteiger partial charge in [0, 0.05) is 31.2 Å². The zero-order valence-corrected chi connectivity index (χ0v) is 15.1. The Bertz CT molecular complexity index is 593. The van der Waals surface area contributed by atoms with Crippen molar-refractivity contribution in [3.05, 3.63) is 34.6 Å². The van der Waals surface area contributed by atoms with Gasteiger partial charge in [0.1, 0.15) is 5.82 Å². The number of carbonyl (C=O) groups excluding carboxylic acids is 2. The van der Waals surface area contributed by atoms with Crippen LogP contribution >= 0.6 is 24.0 Å². The lowest BCUT2D eigenvalue weighted by Crippen LogP contribution is -2.54. The van der Waals surface area contributed by atoms with Crippen LogP contribution in [-0.4, -0.2) is 53.8 Å². The van der Waals surface area contributed by atoms with Crippen molar-refractivity contribution in [2.75, 3.05) is 26.2 Å². The Morgan fingerprint density at radius 2 is 1.83 bits per heavy atom. The van der Waals surface area contributed by atoms with Crippen molar-refractivity contribution in [3.8, 4) is 0 Å². The monoisotopic (exact) mass is 377 g/mol. The molecule has 5 nitrogen and oxygen atoms in total. The first-order chi connectivity index (χ1) is 10.9. The zero-order chi connectivity index (χ0) is 17.0. The maximum absolute atomic E-state index is 13.8. The van der Waals surface area contributed by atoms with E-state index in [9.17, 15) is 14.0 Å². The molecule has 1 heterocycles. The quantitative estimate of drug-likeness (QED) is 0.875. The average Bonchev–Trinajstić information content (AvgIpc) is 2.54. The summed E-state index contributed by atoms with van der Waals surface area (Å²) in [6.45, 7) is 3.54. The van der Waals surface area contributed by atoms with Gasteiger partial charge in [-0.15, -0.1) is 12.4 Å². The maximum Gasteiger partial charge on any atom is 0.256 e. The van der Waals surface area contributed by atoms with Gasteiger partial charge in [-0.3, -0.25) is 9.59 Å². The van der Waals surface area contributed by atoms with Crippen LogP contribution in [0.3, 0.4) is 0 Å². The van der Waals surface area contributed by atoms with Crippen molar-refractivity contribution < 1.29 is 14.0 Å². The van der Waals surface area contributed by atoms with Gasteiger partial charge in [-0.2, -0.15) is 0 Å².